The van der Waals surface area contributed by atoms with E-state index in [1.54, 1.807) is 26.0 Å². The van der Waals surface area contributed by atoms with Crippen LogP contribution in [0.1, 0.15) is 64.0 Å². The van der Waals surface area contributed by atoms with Crippen molar-refractivity contribution < 1.29 is 22.7 Å². The summed E-state index contributed by atoms with van der Waals surface area (Å²) in [6, 6.07) is 13.9. The van der Waals surface area contributed by atoms with Crippen molar-refractivity contribution in [2.75, 3.05) is 29.9 Å². The van der Waals surface area contributed by atoms with E-state index >= 15 is 0 Å². The molecule has 0 bridgehead atoms. The Balaban J connectivity index is 1.64. The number of sulfonamides is 1. The molecule has 2 aliphatic rings. The number of nitrogens with one attached hydrogen (secondary N) is 2. The Labute approximate surface area is 219 Å². The molecular formula is C28H37N3O5S. The van der Waals surface area contributed by atoms with Crippen LogP contribution in [-0.4, -0.2) is 40.0 Å². The van der Waals surface area contributed by atoms with Crippen molar-refractivity contribution in [2.45, 2.75) is 63.3 Å². The lowest BCUT2D eigenvalue weighted by atomic mass is 9.97. The third-order valence-electron chi connectivity index (χ3n) is 7.26. The van der Waals surface area contributed by atoms with Gasteiger partial charge < -0.3 is 15.0 Å². The number of piperidine rings is 1. The number of nitrogens with zero attached hydrogens (tertiary/aromatic N) is 1. The first-order valence-electron chi connectivity index (χ1n) is 13.2. The molecule has 1 aliphatic carbocycles. The summed E-state index contributed by atoms with van der Waals surface area (Å²) in [5.41, 5.74) is 1.81. The van der Waals surface area contributed by atoms with Gasteiger partial charge in [0.25, 0.3) is 0 Å². The Morgan fingerprint density at radius 2 is 1.73 bits per heavy atom. The zero-order chi connectivity index (χ0) is 26.4. The van der Waals surface area contributed by atoms with Crippen LogP contribution in [0.5, 0.6) is 0 Å². The van der Waals surface area contributed by atoms with Crippen molar-refractivity contribution in [3.8, 4) is 0 Å². The number of hydrogen-bond donors (Lipinski definition) is 2. The van der Waals surface area contributed by atoms with Crippen molar-refractivity contribution >= 4 is 33.3 Å². The number of esters is 1. The lowest BCUT2D eigenvalue weighted by Gasteiger charge is -2.34. The molecule has 2 fully saturated rings. The molecule has 1 saturated carbocycles. The van der Waals surface area contributed by atoms with E-state index in [-0.39, 0.29) is 28.6 Å². The summed E-state index contributed by atoms with van der Waals surface area (Å²) in [5.74, 6) is -0.682. The second-order valence-corrected chi connectivity index (χ2v) is 11.6. The molecule has 8 nitrogen and oxygen atoms in total. The fraction of sp³-hybridized carbons (Fsp3) is 0.500. The van der Waals surface area contributed by atoms with E-state index in [1.807, 2.05) is 35.2 Å². The number of rotatable bonds is 9. The predicted octanol–water partition coefficient (Wildman–Crippen LogP) is 4.63. The van der Waals surface area contributed by atoms with Gasteiger partial charge >= 0.3 is 5.97 Å². The van der Waals surface area contributed by atoms with Crippen molar-refractivity contribution in [1.29, 1.82) is 0 Å². The Kier molecular flexibility index (Phi) is 8.87. The lowest BCUT2D eigenvalue weighted by Crippen LogP contribution is -2.40. The number of carbonyl (C=O) groups excluding carboxylic acids is 2. The number of amides is 1. The second-order valence-electron chi connectivity index (χ2n) is 9.94. The largest absolute Gasteiger partial charge is 0.466 e. The summed E-state index contributed by atoms with van der Waals surface area (Å²) in [5, 5.41) is 2.93. The molecule has 0 unspecified atom stereocenters. The third kappa shape index (κ3) is 6.70. The summed E-state index contributed by atoms with van der Waals surface area (Å²) < 4.78 is 35.5. The highest BCUT2D eigenvalue weighted by Crippen LogP contribution is 2.34. The highest BCUT2D eigenvalue weighted by atomic mass is 32.2. The van der Waals surface area contributed by atoms with Gasteiger partial charge in [0.2, 0.25) is 15.9 Å². The average molecular weight is 528 g/mol. The van der Waals surface area contributed by atoms with Crippen LogP contribution in [0.25, 0.3) is 0 Å². The molecule has 4 rings (SSSR count). The second kappa shape index (κ2) is 12.1. The van der Waals surface area contributed by atoms with Crippen LogP contribution in [0.4, 0.5) is 11.4 Å². The first-order valence-corrected chi connectivity index (χ1v) is 14.7. The molecule has 2 atom stereocenters. The average Bonchev–Trinajstić information content (AvgIpc) is 3.45. The molecule has 9 heteroatoms. The third-order valence-corrected chi connectivity index (χ3v) is 8.83. The molecular weight excluding hydrogens is 490 g/mol. The molecule has 0 aromatic heterocycles. The maximum Gasteiger partial charge on any atom is 0.310 e. The Hall–Kier alpha value is -2.91. The van der Waals surface area contributed by atoms with E-state index in [9.17, 15) is 18.0 Å². The molecule has 2 aromatic carbocycles. The minimum absolute atomic E-state index is 0.0385. The Morgan fingerprint density at radius 3 is 2.43 bits per heavy atom. The molecule has 0 radical (unpaired) electrons. The van der Waals surface area contributed by atoms with E-state index in [0.29, 0.717) is 37.5 Å². The lowest BCUT2D eigenvalue weighted by molar-refractivity contribution is -0.148. The molecule has 37 heavy (non-hydrogen) atoms. The maximum atomic E-state index is 13.7. The maximum absolute atomic E-state index is 13.7. The summed E-state index contributed by atoms with van der Waals surface area (Å²) in [6.45, 7) is 4.90. The number of benzene rings is 2. The van der Waals surface area contributed by atoms with E-state index in [0.717, 1.165) is 37.7 Å². The van der Waals surface area contributed by atoms with E-state index < -0.39 is 16.1 Å². The zero-order valence-corrected chi connectivity index (χ0v) is 22.4. The minimum Gasteiger partial charge on any atom is -0.466 e. The highest BCUT2D eigenvalue weighted by molar-refractivity contribution is 7.89. The summed E-state index contributed by atoms with van der Waals surface area (Å²) in [4.78, 5) is 27.2. The van der Waals surface area contributed by atoms with Crippen molar-refractivity contribution in [1.82, 2.24) is 4.72 Å². The van der Waals surface area contributed by atoms with Crippen LogP contribution in [0, 0.1) is 11.8 Å². The van der Waals surface area contributed by atoms with Crippen LogP contribution in [-0.2, 0) is 24.3 Å². The predicted molar refractivity (Wildman–Crippen MR) is 144 cm³/mol. The van der Waals surface area contributed by atoms with Crippen LogP contribution in [0.2, 0.25) is 0 Å². The van der Waals surface area contributed by atoms with Gasteiger partial charge in [-0.3, -0.25) is 9.59 Å². The topological polar surface area (TPSA) is 105 Å². The molecule has 1 aliphatic heterocycles. The molecule has 2 aromatic rings. The smallest absolute Gasteiger partial charge is 0.310 e. The van der Waals surface area contributed by atoms with Crippen LogP contribution < -0.4 is 14.9 Å². The van der Waals surface area contributed by atoms with Gasteiger partial charge in [-0.05, 0) is 63.3 Å². The van der Waals surface area contributed by atoms with E-state index in [2.05, 4.69) is 10.0 Å². The molecule has 1 heterocycles. The van der Waals surface area contributed by atoms with Crippen molar-refractivity contribution in [2.24, 2.45) is 11.8 Å². The van der Waals surface area contributed by atoms with Gasteiger partial charge in [-0.2, -0.15) is 0 Å². The Morgan fingerprint density at radius 1 is 1.03 bits per heavy atom. The monoisotopic (exact) mass is 527 g/mol. The van der Waals surface area contributed by atoms with Gasteiger partial charge in [0, 0.05) is 30.7 Å². The van der Waals surface area contributed by atoms with Gasteiger partial charge in [0.15, 0.2) is 0 Å². The van der Waals surface area contributed by atoms with Crippen LogP contribution in [0.15, 0.2) is 53.4 Å². The first-order chi connectivity index (χ1) is 17.8. The number of carbonyl (C=O) groups is 2. The summed E-state index contributed by atoms with van der Waals surface area (Å²) >= 11 is 0. The minimum atomic E-state index is -3.97. The SMILES string of the molecule is CCOC(=O)[C@H]1CCCN(c2ccc(NC(=O)C3CCCC3)cc2S(=O)(=O)N[C@@H](C)c2ccccc2)C1. The quantitative estimate of drug-likeness (QED) is 0.461. The number of anilines is 2. The van der Waals surface area contributed by atoms with Crippen LogP contribution >= 0.6 is 0 Å². The van der Waals surface area contributed by atoms with Gasteiger partial charge in [0.05, 0.1) is 18.2 Å². The standard InChI is InChI=1S/C28H37N3O5S/c1-3-36-28(33)23-14-9-17-31(19-23)25-16-15-24(29-27(32)22-12-7-8-13-22)18-26(25)37(34,35)30-20(2)21-10-5-4-6-11-21/h4-6,10-11,15-16,18,20,22-23,30H,3,7-9,12-14,17,19H2,1-2H3,(H,29,32)/t20-,23-/m0/s1. The Bertz CT molecular complexity index is 1200. The zero-order valence-electron chi connectivity index (χ0n) is 21.6. The summed E-state index contributed by atoms with van der Waals surface area (Å²) in [6.07, 6.45) is 5.23. The fourth-order valence-corrected chi connectivity index (χ4v) is 6.74. The summed E-state index contributed by atoms with van der Waals surface area (Å²) in [7, 11) is -3.97. The highest BCUT2D eigenvalue weighted by Gasteiger charge is 2.31. The fourth-order valence-electron chi connectivity index (χ4n) is 5.26. The molecule has 1 saturated heterocycles. The number of ether oxygens (including phenoxy) is 1. The van der Waals surface area contributed by atoms with Crippen LogP contribution in [0.3, 0.4) is 0 Å². The van der Waals surface area contributed by atoms with Gasteiger partial charge in [0.1, 0.15) is 4.90 Å². The van der Waals surface area contributed by atoms with E-state index in [1.165, 1.54) is 6.07 Å². The molecule has 0 spiro atoms. The first kappa shape index (κ1) is 27.1. The van der Waals surface area contributed by atoms with Gasteiger partial charge in [-0.25, -0.2) is 13.1 Å². The van der Waals surface area contributed by atoms with Gasteiger partial charge in [-0.15, -0.1) is 0 Å². The number of hydrogen-bond acceptors (Lipinski definition) is 6. The molecule has 200 valence electrons. The normalized spacial score (nSPS) is 19.4. The van der Waals surface area contributed by atoms with Crippen molar-refractivity contribution in [3.05, 3.63) is 54.1 Å². The molecule has 1 amide bonds. The van der Waals surface area contributed by atoms with Crippen molar-refractivity contribution in [3.63, 3.8) is 0 Å². The van der Waals surface area contributed by atoms with E-state index in [4.69, 9.17) is 4.74 Å². The molecule has 2 N–H and O–H groups in total. The van der Waals surface area contributed by atoms with Gasteiger partial charge in [-0.1, -0.05) is 43.2 Å².